The van der Waals surface area contributed by atoms with Crippen molar-refractivity contribution in [3.05, 3.63) is 27.7 Å². The van der Waals surface area contributed by atoms with Crippen LogP contribution in [0.4, 0.5) is 0 Å². The van der Waals surface area contributed by atoms with E-state index < -0.39 is 0 Å². The standard InChI is InChI=1S/C14H15Cl2NO2S2/c1-3-17-13(18)11(21-14(17)20)7-8-5-9(15)12(19-4-2)10(16)6-8/h5-6,11H,3-4,7H2,1-2H3/t11-/m0/s1. The molecule has 21 heavy (non-hydrogen) atoms. The van der Waals surface area contributed by atoms with Gasteiger partial charge in [-0.1, -0.05) is 47.2 Å². The molecule has 3 nitrogen and oxygen atoms in total. The van der Waals surface area contributed by atoms with Gasteiger partial charge in [0.1, 0.15) is 4.32 Å². The average molecular weight is 364 g/mol. The highest BCUT2D eigenvalue weighted by Crippen LogP contribution is 2.36. The number of hydrogen-bond donors (Lipinski definition) is 0. The smallest absolute Gasteiger partial charge is 0.241 e. The summed E-state index contributed by atoms with van der Waals surface area (Å²) in [6.45, 7) is 4.88. The lowest BCUT2D eigenvalue weighted by Crippen LogP contribution is -2.31. The second-order valence-electron chi connectivity index (χ2n) is 4.48. The number of thioether (sulfide) groups is 1. The maximum absolute atomic E-state index is 12.2. The third-order valence-electron chi connectivity index (χ3n) is 3.09. The third-order valence-corrected chi connectivity index (χ3v) is 5.23. The van der Waals surface area contributed by atoms with Crippen LogP contribution in [-0.4, -0.2) is 33.5 Å². The first kappa shape index (κ1) is 16.9. The molecule has 1 fully saturated rings. The first-order valence-corrected chi connectivity index (χ1v) is 8.65. The molecule has 0 aromatic heterocycles. The van der Waals surface area contributed by atoms with Gasteiger partial charge in [0.2, 0.25) is 5.91 Å². The van der Waals surface area contributed by atoms with Crippen LogP contribution in [0.1, 0.15) is 19.4 Å². The van der Waals surface area contributed by atoms with Gasteiger partial charge in [0.15, 0.2) is 5.75 Å². The summed E-state index contributed by atoms with van der Waals surface area (Å²) in [5.74, 6) is 0.536. The normalized spacial score (nSPS) is 18.5. The molecule has 7 heteroatoms. The molecule has 2 rings (SSSR count). The van der Waals surface area contributed by atoms with Gasteiger partial charge >= 0.3 is 0 Å². The fourth-order valence-electron chi connectivity index (χ4n) is 2.14. The maximum atomic E-state index is 12.2. The van der Waals surface area contributed by atoms with Crippen molar-refractivity contribution in [2.24, 2.45) is 0 Å². The molecular weight excluding hydrogens is 349 g/mol. The van der Waals surface area contributed by atoms with Gasteiger partial charge in [-0.15, -0.1) is 0 Å². The Bertz CT molecular complexity index is 557. The van der Waals surface area contributed by atoms with Crippen molar-refractivity contribution < 1.29 is 9.53 Å². The summed E-state index contributed by atoms with van der Waals surface area (Å²) in [6, 6.07) is 3.59. The van der Waals surface area contributed by atoms with E-state index in [-0.39, 0.29) is 11.2 Å². The fourth-order valence-corrected chi connectivity index (χ4v) is 4.44. The highest BCUT2D eigenvalue weighted by molar-refractivity contribution is 8.24. The summed E-state index contributed by atoms with van der Waals surface area (Å²) >= 11 is 19.0. The maximum Gasteiger partial charge on any atom is 0.241 e. The quantitative estimate of drug-likeness (QED) is 0.733. The summed E-state index contributed by atoms with van der Waals surface area (Å²) in [5.41, 5.74) is 0.903. The lowest BCUT2D eigenvalue weighted by Gasteiger charge is -2.13. The second kappa shape index (κ2) is 7.18. The van der Waals surface area contributed by atoms with Crippen molar-refractivity contribution in [3.63, 3.8) is 0 Å². The summed E-state index contributed by atoms with van der Waals surface area (Å²) in [4.78, 5) is 13.8. The Morgan fingerprint density at radius 3 is 2.43 bits per heavy atom. The number of amides is 1. The summed E-state index contributed by atoms with van der Waals surface area (Å²) in [5, 5.41) is 0.719. The van der Waals surface area contributed by atoms with E-state index in [1.807, 2.05) is 13.8 Å². The molecule has 1 saturated heterocycles. The van der Waals surface area contributed by atoms with Gasteiger partial charge in [0, 0.05) is 6.54 Å². The molecule has 1 aliphatic heterocycles. The van der Waals surface area contributed by atoms with Gasteiger partial charge in [-0.05, 0) is 38.0 Å². The molecule has 114 valence electrons. The topological polar surface area (TPSA) is 29.5 Å². The lowest BCUT2D eigenvalue weighted by atomic mass is 10.1. The third kappa shape index (κ3) is 3.65. The van der Waals surface area contributed by atoms with Crippen LogP contribution in [0.15, 0.2) is 12.1 Å². The molecule has 1 heterocycles. The van der Waals surface area contributed by atoms with Crippen molar-refractivity contribution in [2.45, 2.75) is 25.5 Å². The Morgan fingerprint density at radius 2 is 1.95 bits per heavy atom. The monoisotopic (exact) mass is 363 g/mol. The molecule has 1 aliphatic rings. The van der Waals surface area contributed by atoms with E-state index in [0.29, 0.717) is 39.7 Å². The Labute approximate surface area is 143 Å². The van der Waals surface area contributed by atoms with Crippen LogP contribution in [0.3, 0.4) is 0 Å². The lowest BCUT2D eigenvalue weighted by molar-refractivity contribution is -0.125. The van der Waals surface area contributed by atoms with Gasteiger partial charge in [-0.25, -0.2) is 0 Å². The van der Waals surface area contributed by atoms with E-state index in [1.165, 1.54) is 11.8 Å². The summed E-state index contributed by atoms with van der Waals surface area (Å²) in [6.07, 6.45) is 0.548. The molecule has 1 aromatic carbocycles. The summed E-state index contributed by atoms with van der Waals surface area (Å²) in [7, 11) is 0. The minimum atomic E-state index is -0.206. The molecule has 0 radical (unpaired) electrons. The Hall–Kier alpha value is -0.490. The molecule has 0 spiro atoms. The van der Waals surface area contributed by atoms with E-state index in [2.05, 4.69) is 0 Å². The molecule has 1 amide bonds. The van der Waals surface area contributed by atoms with Crippen molar-refractivity contribution in [3.8, 4) is 5.75 Å². The van der Waals surface area contributed by atoms with Gasteiger partial charge in [-0.3, -0.25) is 9.69 Å². The molecule has 0 unspecified atom stereocenters. The number of hydrogen-bond acceptors (Lipinski definition) is 4. The predicted octanol–water partition coefficient (Wildman–Crippen LogP) is 4.18. The second-order valence-corrected chi connectivity index (χ2v) is 7.13. The van der Waals surface area contributed by atoms with Gasteiger partial charge < -0.3 is 4.74 Å². The van der Waals surface area contributed by atoms with Crippen LogP contribution in [0.5, 0.6) is 5.75 Å². The largest absolute Gasteiger partial charge is 0.491 e. The Balaban J connectivity index is 2.18. The van der Waals surface area contributed by atoms with Crippen molar-refractivity contribution in [1.82, 2.24) is 4.90 Å². The van der Waals surface area contributed by atoms with Gasteiger partial charge in [0.25, 0.3) is 0 Å². The molecule has 0 bridgehead atoms. The molecule has 1 aromatic rings. The average Bonchev–Trinajstić information content (AvgIpc) is 2.68. The van der Waals surface area contributed by atoms with Gasteiger partial charge in [-0.2, -0.15) is 0 Å². The number of ether oxygens (including phenoxy) is 1. The number of rotatable bonds is 5. The molecular formula is C14H15Cl2NO2S2. The van der Waals surface area contributed by atoms with E-state index in [0.717, 1.165) is 5.56 Å². The zero-order valence-corrected chi connectivity index (χ0v) is 14.8. The van der Waals surface area contributed by atoms with E-state index in [4.69, 9.17) is 40.2 Å². The zero-order valence-electron chi connectivity index (χ0n) is 11.7. The van der Waals surface area contributed by atoms with Crippen LogP contribution in [0, 0.1) is 0 Å². The number of benzene rings is 1. The highest BCUT2D eigenvalue weighted by Gasteiger charge is 2.35. The van der Waals surface area contributed by atoms with E-state index >= 15 is 0 Å². The van der Waals surface area contributed by atoms with Crippen LogP contribution in [0.25, 0.3) is 0 Å². The molecule has 1 atom stereocenters. The van der Waals surface area contributed by atoms with Gasteiger partial charge in [0.05, 0.1) is 21.9 Å². The fraction of sp³-hybridized carbons (Fsp3) is 0.429. The first-order valence-electron chi connectivity index (χ1n) is 6.60. The van der Waals surface area contributed by atoms with Crippen LogP contribution in [0.2, 0.25) is 10.0 Å². The summed E-state index contributed by atoms with van der Waals surface area (Å²) < 4.78 is 6.03. The number of thiocarbonyl (C=S) groups is 1. The SMILES string of the molecule is CCOc1c(Cl)cc(C[C@@H]2SC(=S)N(CC)C2=O)cc1Cl. The Morgan fingerprint density at radius 1 is 1.33 bits per heavy atom. The first-order chi connectivity index (χ1) is 9.97. The number of carbonyl (C=O) groups excluding carboxylic acids is 1. The molecule has 0 N–H and O–H groups in total. The van der Waals surface area contributed by atoms with Crippen LogP contribution >= 0.6 is 47.2 Å². The molecule has 0 saturated carbocycles. The van der Waals surface area contributed by atoms with Crippen molar-refractivity contribution >= 4 is 57.4 Å². The minimum absolute atomic E-state index is 0.0497. The Kier molecular flexibility index (Phi) is 5.77. The zero-order chi connectivity index (χ0) is 15.6. The number of halogens is 2. The molecule has 0 aliphatic carbocycles. The highest BCUT2D eigenvalue weighted by atomic mass is 35.5. The van der Waals surface area contributed by atoms with Crippen LogP contribution in [-0.2, 0) is 11.2 Å². The minimum Gasteiger partial charge on any atom is -0.491 e. The van der Waals surface area contributed by atoms with Crippen LogP contribution < -0.4 is 4.74 Å². The van der Waals surface area contributed by atoms with E-state index in [9.17, 15) is 4.79 Å². The number of carbonyl (C=O) groups is 1. The van der Waals surface area contributed by atoms with Crippen molar-refractivity contribution in [1.29, 1.82) is 0 Å². The predicted molar refractivity (Wildman–Crippen MR) is 92.7 cm³/mol. The number of nitrogens with zero attached hydrogens (tertiary/aromatic N) is 1. The van der Waals surface area contributed by atoms with E-state index in [1.54, 1.807) is 17.0 Å². The van der Waals surface area contributed by atoms with Crippen molar-refractivity contribution in [2.75, 3.05) is 13.2 Å².